The van der Waals surface area contributed by atoms with Gasteiger partial charge in [-0.1, -0.05) is 12.1 Å². The Morgan fingerprint density at radius 3 is 1.10 bits per heavy atom. The largest absolute Gasteiger partial charge is 0.340 e. The number of benzene rings is 1. The van der Waals surface area contributed by atoms with Crippen LogP contribution in [0.1, 0.15) is 125 Å². The molecule has 0 bridgehead atoms. The molecule has 5 N–H and O–H groups in total. The van der Waals surface area contributed by atoms with Crippen molar-refractivity contribution in [2.75, 3.05) is 0 Å². The fourth-order valence-corrected chi connectivity index (χ4v) is 4.46. The van der Waals surface area contributed by atoms with Gasteiger partial charge in [-0.3, -0.25) is 38.5 Å². The van der Waals surface area contributed by atoms with Crippen molar-refractivity contribution in [2.45, 2.75) is 143 Å². The summed E-state index contributed by atoms with van der Waals surface area (Å²) in [5, 5.41) is 13.1. The molecule has 50 heavy (non-hydrogen) atoms. The predicted molar refractivity (Wildman–Crippen MR) is 184 cm³/mol. The van der Waals surface area contributed by atoms with E-state index in [0.29, 0.717) is 0 Å². The second-order valence-corrected chi connectivity index (χ2v) is 16.6. The zero-order chi connectivity index (χ0) is 39.1. The third-order valence-electron chi connectivity index (χ3n) is 7.80. The summed E-state index contributed by atoms with van der Waals surface area (Å²) in [6.07, 6.45) is 0. The maximum absolute atomic E-state index is 13.5. The number of amides is 7. The molecule has 0 aromatic heterocycles. The second kappa shape index (κ2) is 13.7. The molecule has 7 amide bonds. The topological polar surface area (TPSA) is 201 Å². The molecule has 15 nitrogen and oxygen atoms in total. The zero-order valence-corrected chi connectivity index (χ0v) is 31.9. The van der Waals surface area contributed by atoms with E-state index in [4.69, 9.17) is 9.78 Å². The van der Waals surface area contributed by atoms with E-state index >= 15 is 0 Å². The number of imide groups is 1. The van der Waals surface area contributed by atoms with Crippen molar-refractivity contribution in [2.24, 2.45) is 0 Å². The SMILES string of the molecule is CC(C)(C)OOC(C)(C)NC(=O)C(C)(C)NC(=O)C(C)(C)NC(=O)C(C)(C)NC(=O)C(C)(C)NC(=O)C(C)(C)N1C(=O)c2ccccc2C1=O. The summed E-state index contributed by atoms with van der Waals surface area (Å²) in [5.74, 6) is -4.83. The molecule has 0 saturated heterocycles. The molecule has 1 aromatic carbocycles. The normalized spacial score (nSPS) is 14.5. The third kappa shape index (κ3) is 9.65. The molecule has 15 heteroatoms. The minimum absolute atomic E-state index is 0.173. The van der Waals surface area contributed by atoms with Crippen LogP contribution in [0.5, 0.6) is 0 Å². The van der Waals surface area contributed by atoms with Crippen molar-refractivity contribution in [3.8, 4) is 0 Å². The standard InChI is InChI=1S/C35H54N6O9/c1-29(2,3)49-50-35(14,15)40-27(47)33(10,11)38-25(45)31(6,7)36-24(44)30(4,5)37-26(46)32(8,9)39-28(48)34(12,13)41-22(42)20-18-16-17-19-21(20)23(41)43/h16-19H,1-15H3,(H,36,44)(H,37,46)(H,38,45)(H,39,48)(H,40,47). The van der Waals surface area contributed by atoms with Crippen molar-refractivity contribution in [1.82, 2.24) is 31.5 Å². The van der Waals surface area contributed by atoms with Crippen LogP contribution < -0.4 is 26.6 Å². The predicted octanol–water partition coefficient (Wildman–Crippen LogP) is 2.24. The molecule has 1 heterocycles. The van der Waals surface area contributed by atoms with Gasteiger partial charge in [0, 0.05) is 0 Å². The quantitative estimate of drug-likeness (QED) is 0.0885. The first-order valence-corrected chi connectivity index (χ1v) is 16.3. The molecule has 0 unspecified atom stereocenters. The van der Waals surface area contributed by atoms with E-state index in [0.717, 1.165) is 4.90 Å². The number of carbonyl (C=O) groups is 7. The van der Waals surface area contributed by atoms with Gasteiger partial charge in [0.05, 0.1) is 16.7 Å². The van der Waals surface area contributed by atoms with Gasteiger partial charge < -0.3 is 26.6 Å². The fourth-order valence-electron chi connectivity index (χ4n) is 4.46. The van der Waals surface area contributed by atoms with Crippen molar-refractivity contribution < 1.29 is 43.3 Å². The van der Waals surface area contributed by atoms with Gasteiger partial charge in [-0.05, 0) is 116 Å². The lowest BCUT2D eigenvalue weighted by Crippen LogP contribution is -2.69. The summed E-state index contributed by atoms with van der Waals surface area (Å²) in [6.45, 7) is 22.7. The van der Waals surface area contributed by atoms with Gasteiger partial charge >= 0.3 is 0 Å². The molecule has 0 atom stereocenters. The number of nitrogens with zero attached hydrogens (tertiary/aromatic N) is 1. The Hall–Kier alpha value is -4.37. The molecule has 1 aromatic rings. The molecule has 1 aliphatic heterocycles. The molecular weight excluding hydrogens is 648 g/mol. The summed E-state index contributed by atoms with van der Waals surface area (Å²) >= 11 is 0. The first-order chi connectivity index (χ1) is 22.3. The molecule has 0 spiro atoms. The summed E-state index contributed by atoms with van der Waals surface area (Å²) in [6, 6.07) is 6.22. The Balaban J connectivity index is 2.08. The van der Waals surface area contributed by atoms with E-state index < -0.39 is 80.4 Å². The highest BCUT2D eigenvalue weighted by Crippen LogP contribution is 2.30. The minimum atomic E-state index is -1.68. The maximum atomic E-state index is 13.5. The molecular formula is C35H54N6O9. The number of rotatable bonds is 13. The minimum Gasteiger partial charge on any atom is -0.340 e. The number of fused-ring (bicyclic) bond motifs is 1. The monoisotopic (exact) mass is 702 g/mol. The van der Waals surface area contributed by atoms with E-state index in [1.807, 2.05) is 0 Å². The average Bonchev–Trinajstić information content (AvgIpc) is 3.20. The average molecular weight is 703 g/mol. The van der Waals surface area contributed by atoms with E-state index in [2.05, 4.69) is 26.6 Å². The Labute approximate surface area is 294 Å². The lowest BCUT2D eigenvalue weighted by molar-refractivity contribution is -0.401. The van der Waals surface area contributed by atoms with E-state index in [9.17, 15) is 33.6 Å². The van der Waals surface area contributed by atoms with Gasteiger partial charge in [-0.15, -0.1) is 0 Å². The van der Waals surface area contributed by atoms with Crippen LogP contribution in [0.4, 0.5) is 0 Å². The molecule has 278 valence electrons. The van der Waals surface area contributed by atoms with E-state index in [1.165, 1.54) is 81.4 Å². The number of hydrogen-bond acceptors (Lipinski definition) is 9. The second-order valence-electron chi connectivity index (χ2n) is 16.6. The van der Waals surface area contributed by atoms with Gasteiger partial charge in [0.15, 0.2) is 5.72 Å². The zero-order valence-electron chi connectivity index (χ0n) is 31.9. The maximum Gasteiger partial charge on any atom is 0.262 e. The number of nitrogens with one attached hydrogen (secondary N) is 5. The third-order valence-corrected chi connectivity index (χ3v) is 7.80. The Morgan fingerprint density at radius 2 is 0.780 bits per heavy atom. The summed E-state index contributed by atoms with van der Waals surface area (Å²) in [4.78, 5) is 104. The smallest absolute Gasteiger partial charge is 0.262 e. The van der Waals surface area contributed by atoms with Gasteiger partial charge in [-0.25, -0.2) is 9.78 Å². The molecule has 2 rings (SSSR count). The first kappa shape index (κ1) is 41.8. The van der Waals surface area contributed by atoms with Crippen LogP contribution in [0.15, 0.2) is 24.3 Å². The van der Waals surface area contributed by atoms with Crippen LogP contribution in [0.25, 0.3) is 0 Å². The summed E-state index contributed by atoms with van der Waals surface area (Å²) in [5.41, 5.74) is -9.43. The van der Waals surface area contributed by atoms with Crippen molar-refractivity contribution in [3.05, 3.63) is 35.4 Å². The van der Waals surface area contributed by atoms with E-state index in [-0.39, 0.29) is 11.1 Å². The Bertz CT molecular complexity index is 1530. The molecule has 1 aliphatic rings. The van der Waals surface area contributed by atoms with Crippen LogP contribution in [0.2, 0.25) is 0 Å². The van der Waals surface area contributed by atoms with Crippen molar-refractivity contribution in [3.63, 3.8) is 0 Å². The molecule has 0 aliphatic carbocycles. The highest BCUT2D eigenvalue weighted by atomic mass is 17.2. The molecule has 0 fully saturated rings. The van der Waals surface area contributed by atoms with Gasteiger partial charge in [0.1, 0.15) is 27.7 Å². The lowest BCUT2D eigenvalue weighted by atomic mass is 9.94. The van der Waals surface area contributed by atoms with Crippen LogP contribution in [0.3, 0.4) is 0 Å². The lowest BCUT2D eigenvalue weighted by Gasteiger charge is -2.38. The fraction of sp³-hybridized carbons (Fsp3) is 0.629. The van der Waals surface area contributed by atoms with Crippen LogP contribution in [0, 0.1) is 0 Å². The van der Waals surface area contributed by atoms with Gasteiger partial charge in [0.25, 0.3) is 11.8 Å². The Kier molecular flexibility index (Phi) is 11.5. The first-order valence-electron chi connectivity index (χ1n) is 16.3. The summed E-state index contributed by atoms with van der Waals surface area (Å²) in [7, 11) is 0. The van der Waals surface area contributed by atoms with Crippen LogP contribution >= 0.6 is 0 Å². The Morgan fingerprint density at radius 1 is 0.480 bits per heavy atom. The highest BCUT2D eigenvalue weighted by Gasteiger charge is 2.50. The van der Waals surface area contributed by atoms with Crippen molar-refractivity contribution >= 4 is 41.4 Å². The number of carbonyl (C=O) groups excluding carboxylic acids is 7. The van der Waals surface area contributed by atoms with Crippen molar-refractivity contribution in [1.29, 1.82) is 0 Å². The van der Waals surface area contributed by atoms with E-state index in [1.54, 1.807) is 46.8 Å². The summed E-state index contributed by atoms with van der Waals surface area (Å²) < 4.78 is 0. The number of hydrogen-bond donors (Lipinski definition) is 5. The van der Waals surface area contributed by atoms with Gasteiger partial charge in [0.2, 0.25) is 29.5 Å². The van der Waals surface area contributed by atoms with Gasteiger partial charge in [-0.2, -0.15) is 0 Å². The van der Waals surface area contributed by atoms with Crippen LogP contribution in [-0.2, 0) is 33.7 Å². The molecule has 0 saturated carbocycles. The van der Waals surface area contributed by atoms with Crippen LogP contribution in [-0.4, -0.2) is 85.3 Å². The highest BCUT2D eigenvalue weighted by molar-refractivity contribution is 6.23. The molecule has 0 radical (unpaired) electrons.